The van der Waals surface area contributed by atoms with Crippen molar-refractivity contribution in [1.29, 1.82) is 0 Å². The zero-order valence-electron chi connectivity index (χ0n) is 8.85. The van der Waals surface area contributed by atoms with Crippen LogP contribution in [0, 0.1) is 5.92 Å². The summed E-state index contributed by atoms with van der Waals surface area (Å²) in [5, 5.41) is 6.54. The quantitative estimate of drug-likeness (QED) is 0.708. The van der Waals surface area contributed by atoms with Crippen LogP contribution in [0.1, 0.15) is 12.8 Å². The molecule has 3 N–H and O–H groups in total. The Hall–Kier alpha value is -1.85. The zero-order chi connectivity index (χ0) is 11.5. The van der Waals surface area contributed by atoms with Gasteiger partial charge in [-0.3, -0.25) is 9.59 Å². The predicted molar refractivity (Wildman–Crippen MR) is 58.6 cm³/mol. The lowest BCUT2D eigenvalue weighted by molar-refractivity contribution is -0.121. The highest BCUT2D eigenvalue weighted by Gasteiger charge is 2.21. The molecule has 1 aromatic rings. The van der Waals surface area contributed by atoms with Crippen LogP contribution in [-0.4, -0.2) is 22.2 Å². The Bertz CT molecular complexity index is 450. The van der Waals surface area contributed by atoms with Gasteiger partial charge in [0.15, 0.2) is 0 Å². The molecule has 1 amide bonds. The smallest absolute Gasteiger partial charge is 0.269 e. The molecule has 86 valence electrons. The number of carbonyl (C=O) groups is 1. The van der Waals surface area contributed by atoms with E-state index in [4.69, 9.17) is 5.73 Å². The SMILES string of the molecule is Nc1cnn(CC(=O)NCC2CC2)c(=O)c1. The second-order valence-electron chi connectivity index (χ2n) is 4.03. The fourth-order valence-corrected chi connectivity index (χ4v) is 1.34. The number of amides is 1. The van der Waals surface area contributed by atoms with Crippen LogP contribution in [0.4, 0.5) is 5.69 Å². The van der Waals surface area contributed by atoms with Gasteiger partial charge in [0.1, 0.15) is 6.54 Å². The summed E-state index contributed by atoms with van der Waals surface area (Å²) in [5.74, 6) is 0.436. The molecule has 0 spiro atoms. The van der Waals surface area contributed by atoms with Gasteiger partial charge in [0, 0.05) is 12.6 Å². The molecule has 1 aromatic heterocycles. The van der Waals surface area contributed by atoms with E-state index >= 15 is 0 Å². The van der Waals surface area contributed by atoms with Crippen molar-refractivity contribution < 1.29 is 4.79 Å². The Kier molecular flexibility index (Phi) is 2.89. The number of hydrogen-bond acceptors (Lipinski definition) is 4. The lowest BCUT2D eigenvalue weighted by atomic mass is 10.4. The van der Waals surface area contributed by atoms with Gasteiger partial charge in [-0.05, 0) is 18.8 Å². The van der Waals surface area contributed by atoms with Crippen LogP contribution in [0.25, 0.3) is 0 Å². The zero-order valence-corrected chi connectivity index (χ0v) is 8.85. The number of carbonyl (C=O) groups excluding carboxylic acids is 1. The summed E-state index contributed by atoms with van der Waals surface area (Å²) < 4.78 is 1.10. The van der Waals surface area contributed by atoms with E-state index in [1.165, 1.54) is 25.1 Å². The molecule has 6 heteroatoms. The van der Waals surface area contributed by atoms with E-state index < -0.39 is 0 Å². The van der Waals surface area contributed by atoms with Crippen LogP contribution in [0.15, 0.2) is 17.1 Å². The van der Waals surface area contributed by atoms with Crippen LogP contribution in [0.2, 0.25) is 0 Å². The number of aromatic nitrogens is 2. The summed E-state index contributed by atoms with van der Waals surface area (Å²) in [5.41, 5.74) is 5.33. The Balaban J connectivity index is 1.91. The molecular formula is C10H14N4O2. The van der Waals surface area contributed by atoms with E-state index in [1.807, 2.05) is 0 Å². The predicted octanol–water partition coefficient (Wildman–Crippen LogP) is -0.648. The van der Waals surface area contributed by atoms with Crippen LogP contribution in [0.5, 0.6) is 0 Å². The maximum atomic E-state index is 11.4. The number of hydrogen-bond donors (Lipinski definition) is 2. The van der Waals surface area contributed by atoms with Gasteiger partial charge in [0.2, 0.25) is 5.91 Å². The summed E-state index contributed by atoms with van der Waals surface area (Å²) in [7, 11) is 0. The molecule has 0 aliphatic heterocycles. The standard InChI is InChI=1S/C10H14N4O2/c11-8-3-10(16)14(13-5-8)6-9(15)12-4-7-1-2-7/h3,5,7H,1-2,4,6,11H2,(H,12,15). The van der Waals surface area contributed by atoms with Crippen LogP contribution >= 0.6 is 0 Å². The van der Waals surface area contributed by atoms with Crippen LogP contribution in [-0.2, 0) is 11.3 Å². The normalized spacial score (nSPS) is 14.8. The molecule has 1 saturated carbocycles. The largest absolute Gasteiger partial charge is 0.397 e. The molecule has 1 heterocycles. The third-order valence-electron chi connectivity index (χ3n) is 2.47. The molecule has 16 heavy (non-hydrogen) atoms. The summed E-state index contributed by atoms with van der Waals surface area (Å²) in [6.45, 7) is 0.647. The third kappa shape index (κ3) is 2.82. The first-order chi connectivity index (χ1) is 7.65. The van der Waals surface area contributed by atoms with Crippen molar-refractivity contribution in [3.05, 3.63) is 22.6 Å². The molecule has 0 atom stereocenters. The Labute approximate surface area is 92.4 Å². The first-order valence-corrected chi connectivity index (χ1v) is 5.24. The minimum Gasteiger partial charge on any atom is -0.397 e. The van der Waals surface area contributed by atoms with E-state index in [0.29, 0.717) is 18.2 Å². The number of rotatable bonds is 4. The Morgan fingerprint density at radius 3 is 3.00 bits per heavy atom. The van der Waals surface area contributed by atoms with E-state index in [1.54, 1.807) is 0 Å². The second kappa shape index (κ2) is 4.34. The Morgan fingerprint density at radius 1 is 1.62 bits per heavy atom. The maximum absolute atomic E-state index is 11.4. The number of nitrogens with zero attached hydrogens (tertiary/aromatic N) is 2. The van der Waals surface area contributed by atoms with E-state index in [9.17, 15) is 9.59 Å². The third-order valence-corrected chi connectivity index (χ3v) is 2.47. The van der Waals surface area contributed by atoms with Gasteiger partial charge in [0.05, 0.1) is 11.9 Å². The number of nitrogen functional groups attached to an aromatic ring is 1. The molecule has 1 fully saturated rings. The number of anilines is 1. The number of nitrogens with two attached hydrogens (primary N) is 1. The topological polar surface area (TPSA) is 90.0 Å². The number of nitrogens with one attached hydrogen (secondary N) is 1. The van der Waals surface area contributed by atoms with Gasteiger partial charge < -0.3 is 11.1 Å². The van der Waals surface area contributed by atoms with E-state index in [-0.39, 0.29) is 18.0 Å². The first-order valence-electron chi connectivity index (χ1n) is 5.24. The van der Waals surface area contributed by atoms with Gasteiger partial charge in [-0.2, -0.15) is 5.10 Å². The molecule has 2 rings (SSSR count). The first kappa shape index (κ1) is 10.7. The van der Waals surface area contributed by atoms with E-state index in [2.05, 4.69) is 10.4 Å². The minimum absolute atomic E-state index is 0.0498. The lowest BCUT2D eigenvalue weighted by Gasteiger charge is -2.05. The van der Waals surface area contributed by atoms with Crippen LogP contribution in [0.3, 0.4) is 0 Å². The van der Waals surface area contributed by atoms with Gasteiger partial charge >= 0.3 is 0 Å². The average molecular weight is 222 g/mol. The van der Waals surface area contributed by atoms with Gasteiger partial charge in [0.25, 0.3) is 5.56 Å². The van der Waals surface area contributed by atoms with Crippen molar-refractivity contribution in [1.82, 2.24) is 15.1 Å². The summed E-state index contributed by atoms with van der Waals surface area (Å²) in [4.78, 5) is 22.8. The molecule has 6 nitrogen and oxygen atoms in total. The van der Waals surface area contributed by atoms with Crippen molar-refractivity contribution in [2.24, 2.45) is 5.92 Å². The minimum atomic E-state index is -0.360. The maximum Gasteiger partial charge on any atom is 0.269 e. The van der Waals surface area contributed by atoms with E-state index in [0.717, 1.165) is 4.68 Å². The highest BCUT2D eigenvalue weighted by atomic mass is 16.2. The van der Waals surface area contributed by atoms with Crippen molar-refractivity contribution >= 4 is 11.6 Å². The fourth-order valence-electron chi connectivity index (χ4n) is 1.34. The Morgan fingerprint density at radius 2 is 2.38 bits per heavy atom. The lowest BCUT2D eigenvalue weighted by Crippen LogP contribution is -2.34. The van der Waals surface area contributed by atoms with Crippen molar-refractivity contribution in [3.63, 3.8) is 0 Å². The molecule has 1 aliphatic rings. The van der Waals surface area contributed by atoms with Crippen molar-refractivity contribution in [2.75, 3.05) is 12.3 Å². The molecule has 0 radical (unpaired) electrons. The van der Waals surface area contributed by atoms with Gasteiger partial charge in [-0.25, -0.2) is 4.68 Å². The van der Waals surface area contributed by atoms with Crippen LogP contribution < -0.4 is 16.6 Å². The van der Waals surface area contributed by atoms with Crippen molar-refractivity contribution in [3.8, 4) is 0 Å². The highest BCUT2D eigenvalue weighted by Crippen LogP contribution is 2.27. The fraction of sp³-hybridized carbons (Fsp3) is 0.500. The van der Waals surface area contributed by atoms with Crippen molar-refractivity contribution in [2.45, 2.75) is 19.4 Å². The monoisotopic (exact) mass is 222 g/mol. The summed E-state index contributed by atoms with van der Waals surface area (Å²) in [6, 6.07) is 1.25. The highest BCUT2D eigenvalue weighted by molar-refractivity contribution is 5.75. The molecule has 0 aromatic carbocycles. The molecule has 1 aliphatic carbocycles. The summed E-state index contributed by atoms with van der Waals surface area (Å²) >= 11 is 0. The van der Waals surface area contributed by atoms with Gasteiger partial charge in [-0.1, -0.05) is 0 Å². The second-order valence-corrected chi connectivity index (χ2v) is 4.03. The van der Waals surface area contributed by atoms with Gasteiger partial charge in [-0.15, -0.1) is 0 Å². The summed E-state index contributed by atoms with van der Waals surface area (Å²) in [6.07, 6.45) is 3.72. The average Bonchev–Trinajstić information content (AvgIpc) is 3.03. The molecule has 0 saturated heterocycles. The molecule has 0 bridgehead atoms. The molecular weight excluding hydrogens is 208 g/mol. The molecule has 0 unspecified atom stereocenters.